The largest absolute Gasteiger partial charge is 0.435 e. The Kier molecular flexibility index (Phi) is 10.1. The SMILES string of the molecule is CCOCCCn1c(CCc2ccc(C(=N)N)cc2)nc2cc(C(=O)N3CCC(N4C(=O)OC(Cc5ccccc5)C4=O)CC3)ccc21. The maximum absolute atomic E-state index is 13.7. The zero-order valence-electron chi connectivity index (χ0n) is 27.3. The monoisotopic (exact) mass is 650 g/mol. The van der Waals surface area contributed by atoms with Crippen molar-refractivity contribution in [3.63, 3.8) is 0 Å². The second-order valence-corrected chi connectivity index (χ2v) is 12.3. The third-order valence-corrected chi connectivity index (χ3v) is 9.18. The van der Waals surface area contributed by atoms with Crippen LogP contribution in [0.5, 0.6) is 0 Å². The molecule has 3 aromatic carbocycles. The number of ether oxygens (including phenoxy) is 2. The van der Waals surface area contributed by atoms with Gasteiger partial charge in [0.25, 0.3) is 11.8 Å². The number of likely N-dealkylation sites (tertiary alicyclic amines) is 1. The molecular weight excluding hydrogens is 608 g/mol. The minimum Gasteiger partial charge on any atom is -0.435 e. The number of aromatic nitrogens is 2. The molecule has 1 aromatic heterocycles. The summed E-state index contributed by atoms with van der Waals surface area (Å²) in [7, 11) is 0. The van der Waals surface area contributed by atoms with Gasteiger partial charge in [0.15, 0.2) is 6.10 Å². The number of imidazole rings is 1. The number of nitrogens with zero attached hydrogens (tertiary/aromatic N) is 4. The van der Waals surface area contributed by atoms with Crippen molar-refractivity contribution in [3.05, 3.63) is 101 Å². The minimum absolute atomic E-state index is 0.0476. The quantitative estimate of drug-likeness (QED) is 0.121. The number of nitrogens with one attached hydrogen (secondary N) is 1. The Labute approximate surface area is 280 Å². The highest BCUT2D eigenvalue weighted by atomic mass is 16.6. The molecule has 2 aliphatic heterocycles. The summed E-state index contributed by atoms with van der Waals surface area (Å²) < 4.78 is 13.3. The van der Waals surface area contributed by atoms with Crippen LogP contribution in [0, 0.1) is 5.41 Å². The van der Waals surface area contributed by atoms with Gasteiger partial charge in [-0.05, 0) is 61.9 Å². The second-order valence-electron chi connectivity index (χ2n) is 12.3. The van der Waals surface area contributed by atoms with Gasteiger partial charge in [-0.1, -0.05) is 54.6 Å². The first-order valence-corrected chi connectivity index (χ1v) is 16.7. The topological polar surface area (TPSA) is 144 Å². The molecule has 0 saturated carbocycles. The van der Waals surface area contributed by atoms with Gasteiger partial charge in [-0.3, -0.25) is 15.0 Å². The van der Waals surface area contributed by atoms with Crippen LogP contribution in [0.25, 0.3) is 11.0 Å². The van der Waals surface area contributed by atoms with Gasteiger partial charge in [0.1, 0.15) is 11.7 Å². The lowest BCUT2D eigenvalue weighted by molar-refractivity contribution is -0.131. The van der Waals surface area contributed by atoms with E-state index in [0.717, 1.165) is 47.4 Å². The number of amidine groups is 1. The molecule has 48 heavy (non-hydrogen) atoms. The number of imide groups is 1. The first-order chi connectivity index (χ1) is 23.3. The average Bonchev–Trinajstić information content (AvgIpc) is 3.60. The Morgan fingerprint density at radius 1 is 0.979 bits per heavy atom. The van der Waals surface area contributed by atoms with Gasteiger partial charge in [-0.2, -0.15) is 0 Å². The van der Waals surface area contributed by atoms with E-state index in [4.69, 9.17) is 25.6 Å². The van der Waals surface area contributed by atoms with Crippen molar-refractivity contribution in [3.8, 4) is 0 Å². The summed E-state index contributed by atoms with van der Waals surface area (Å²) in [5, 5.41) is 7.63. The van der Waals surface area contributed by atoms with Crippen LogP contribution in [0.4, 0.5) is 4.79 Å². The Morgan fingerprint density at radius 2 is 1.71 bits per heavy atom. The number of cyclic esters (lactones) is 1. The Hall–Kier alpha value is -5.03. The van der Waals surface area contributed by atoms with E-state index in [0.29, 0.717) is 63.1 Å². The number of benzene rings is 3. The molecule has 4 aromatic rings. The molecule has 0 bridgehead atoms. The van der Waals surface area contributed by atoms with E-state index in [2.05, 4.69) is 4.57 Å². The second kappa shape index (κ2) is 14.8. The highest BCUT2D eigenvalue weighted by Gasteiger charge is 2.45. The molecule has 2 aliphatic rings. The van der Waals surface area contributed by atoms with Gasteiger partial charge in [0, 0.05) is 62.9 Å². The van der Waals surface area contributed by atoms with E-state index in [1.54, 1.807) is 4.90 Å². The lowest BCUT2D eigenvalue weighted by Crippen LogP contribution is -2.49. The van der Waals surface area contributed by atoms with E-state index >= 15 is 0 Å². The number of nitrogen functional groups attached to an aromatic ring is 1. The molecule has 11 nitrogen and oxygen atoms in total. The fourth-order valence-corrected chi connectivity index (χ4v) is 6.60. The van der Waals surface area contributed by atoms with Gasteiger partial charge in [0.05, 0.1) is 11.0 Å². The van der Waals surface area contributed by atoms with Crippen LogP contribution < -0.4 is 5.73 Å². The number of rotatable bonds is 13. The van der Waals surface area contributed by atoms with Gasteiger partial charge < -0.3 is 24.7 Å². The molecular formula is C37H42N6O5. The van der Waals surface area contributed by atoms with Gasteiger partial charge in [0.2, 0.25) is 0 Å². The maximum Gasteiger partial charge on any atom is 0.417 e. The van der Waals surface area contributed by atoms with Gasteiger partial charge in [-0.25, -0.2) is 14.7 Å². The van der Waals surface area contributed by atoms with Crippen LogP contribution in [0.2, 0.25) is 0 Å². The molecule has 0 radical (unpaired) electrons. The summed E-state index contributed by atoms with van der Waals surface area (Å²) in [6.45, 7) is 4.92. The number of hydrogen-bond donors (Lipinski definition) is 2. The van der Waals surface area contributed by atoms with Crippen LogP contribution in [0.3, 0.4) is 0 Å². The standard InChI is InChI=1S/C37H42N6O5/c1-2-47-22-6-19-42-31-15-14-28(24-30(31)40-33(42)16-11-25-9-12-27(13-10-25)34(38)39)35(44)41-20-17-29(18-21-41)43-36(45)32(48-37(43)46)23-26-7-4-3-5-8-26/h3-5,7-10,12-15,24,29,32H,2,6,11,16-23H2,1H3,(H3,38,39). The molecule has 3 amide bonds. The van der Waals surface area contributed by atoms with Crippen molar-refractivity contribution in [2.75, 3.05) is 26.3 Å². The van der Waals surface area contributed by atoms with E-state index in [9.17, 15) is 14.4 Å². The summed E-state index contributed by atoms with van der Waals surface area (Å²) >= 11 is 0. The maximum atomic E-state index is 13.7. The van der Waals surface area contributed by atoms with Crippen molar-refractivity contribution >= 4 is 34.8 Å². The number of aryl methyl sites for hydroxylation is 3. The molecule has 3 N–H and O–H groups in total. The van der Waals surface area contributed by atoms with E-state index in [1.165, 1.54) is 4.90 Å². The predicted octanol–water partition coefficient (Wildman–Crippen LogP) is 4.73. The zero-order chi connectivity index (χ0) is 33.6. The lowest BCUT2D eigenvalue weighted by Gasteiger charge is -2.34. The van der Waals surface area contributed by atoms with Crippen LogP contribution >= 0.6 is 0 Å². The van der Waals surface area contributed by atoms with E-state index in [1.807, 2.05) is 79.7 Å². The first-order valence-electron chi connectivity index (χ1n) is 16.7. The molecule has 2 fully saturated rings. The van der Waals surface area contributed by atoms with E-state index in [-0.39, 0.29) is 23.7 Å². The number of hydrogen-bond acceptors (Lipinski definition) is 7. The summed E-state index contributed by atoms with van der Waals surface area (Å²) in [4.78, 5) is 47.5. The summed E-state index contributed by atoms with van der Waals surface area (Å²) in [6.07, 6.45) is 2.25. The van der Waals surface area contributed by atoms with Gasteiger partial charge in [-0.15, -0.1) is 0 Å². The first kappa shape index (κ1) is 32.9. The summed E-state index contributed by atoms with van der Waals surface area (Å²) in [5.41, 5.74) is 10.7. The number of carbonyl (C=O) groups excluding carboxylic acids is 3. The Balaban J connectivity index is 1.11. The van der Waals surface area contributed by atoms with Crippen LogP contribution in [0.15, 0.2) is 72.8 Å². The normalized spacial score (nSPS) is 16.9. The number of piperidine rings is 1. The van der Waals surface area contributed by atoms with Crippen molar-refractivity contribution in [1.29, 1.82) is 5.41 Å². The van der Waals surface area contributed by atoms with Crippen molar-refractivity contribution in [1.82, 2.24) is 19.4 Å². The number of carbonyl (C=O) groups is 3. The van der Waals surface area contributed by atoms with Crippen LogP contribution in [0.1, 0.15) is 59.1 Å². The number of nitrogens with two attached hydrogens (primary N) is 1. The fourth-order valence-electron chi connectivity index (χ4n) is 6.60. The van der Waals surface area contributed by atoms with Crippen LogP contribution in [-0.2, 0) is 40.1 Å². The summed E-state index contributed by atoms with van der Waals surface area (Å²) in [5.74, 6) is 0.590. The molecule has 0 aliphatic carbocycles. The van der Waals surface area contributed by atoms with E-state index < -0.39 is 12.2 Å². The van der Waals surface area contributed by atoms with Crippen molar-refractivity contribution in [2.24, 2.45) is 5.73 Å². The number of fused-ring (bicyclic) bond motifs is 1. The molecule has 2 saturated heterocycles. The summed E-state index contributed by atoms with van der Waals surface area (Å²) in [6, 6.07) is 22.6. The highest BCUT2D eigenvalue weighted by Crippen LogP contribution is 2.27. The molecule has 1 atom stereocenters. The lowest BCUT2D eigenvalue weighted by atomic mass is 10.0. The number of amides is 3. The third kappa shape index (κ3) is 7.26. The zero-order valence-corrected chi connectivity index (χ0v) is 27.3. The van der Waals surface area contributed by atoms with Crippen molar-refractivity contribution < 1.29 is 23.9 Å². The molecule has 1 unspecified atom stereocenters. The van der Waals surface area contributed by atoms with Crippen molar-refractivity contribution in [2.45, 2.75) is 64.1 Å². The highest BCUT2D eigenvalue weighted by molar-refractivity contribution is 6.01. The predicted molar refractivity (Wildman–Crippen MR) is 182 cm³/mol. The molecule has 6 rings (SSSR count). The molecule has 3 heterocycles. The molecule has 250 valence electrons. The average molecular weight is 651 g/mol. The molecule has 11 heteroatoms. The Bertz CT molecular complexity index is 1780. The third-order valence-electron chi connectivity index (χ3n) is 9.18. The van der Waals surface area contributed by atoms with Gasteiger partial charge >= 0.3 is 6.09 Å². The smallest absolute Gasteiger partial charge is 0.417 e. The molecule has 0 spiro atoms. The fraction of sp³-hybridized carbons (Fsp3) is 0.378. The van der Waals surface area contributed by atoms with Crippen LogP contribution in [-0.4, -0.2) is 81.5 Å². The Morgan fingerprint density at radius 3 is 2.42 bits per heavy atom. The minimum atomic E-state index is -0.817.